The Morgan fingerprint density at radius 2 is 2.21 bits per heavy atom. The maximum atomic E-state index is 4.42. The molecular weight excluding hydrogens is 194 g/mol. The third-order valence-corrected chi connectivity index (χ3v) is 2.56. The van der Waals surface area contributed by atoms with Crippen molar-refractivity contribution in [1.29, 1.82) is 0 Å². The molecule has 4 heteroatoms. The lowest BCUT2D eigenvalue weighted by Crippen LogP contribution is -1.77. The SMILES string of the molecule is [c]1nc(-c2nc3ccccc3[nH]2)cs1. The van der Waals surface area contributed by atoms with Gasteiger partial charge in [0.25, 0.3) is 0 Å². The van der Waals surface area contributed by atoms with Gasteiger partial charge in [-0.3, -0.25) is 0 Å². The lowest BCUT2D eigenvalue weighted by atomic mass is 10.3. The van der Waals surface area contributed by atoms with Crippen molar-refractivity contribution in [2.45, 2.75) is 0 Å². The van der Waals surface area contributed by atoms with Crippen LogP contribution in [-0.2, 0) is 0 Å². The number of aromatic nitrogens is 3. The summed E-state index contributed by atoms with van der Waals surface area (Å²) in [6.07, 6.45) is 0. The lowest BCUT2D eigenvalue weighted by molar-refractivity contribution is 1.27. The molecule has 67 valence electrons. The first-order chi connectivity index (χ1) is 6.93. The molecule has 0 spiro atoms. The average Bonchev–Trinajstić information content (AvgIpc) is 2.86. The van der Waals surface area contributed by atoms with Gasteiger partial charge in [-0.2, -0.15) is 0 Å². The fraction of sp³-hybridized carbons (Fsp3) is 0. The molecule has 1 aromatic carbocycles. The summed E-state index contributed by atoms with van der Waals surface area (Å²) in [7, 11) is 0. The Kier molecular flexibility index (Phi) is 1.61. The normalized spacial score (nSPS) is 10.9. The number of benzene rings is 1. The van der Waals surface area contributed by atoms with Gasteiger partial charge in [-0.15, -0.1) is 11.3 Å². The smallest absolute Gasteiger partial charge is 0.158 e. The van der Waals surface area contributed by atoms with Gasteiger partial charge in [-0.25, -0.2) is 9.97 Å². The molecule has 2 aromatic heterocycles. The number of nitrogens with zero attached hydrogens (tertiary/aromatic N) is 2. The van der Waals surface area contributed by atoms with Crippen LogP contribution in [0, 0.1) is 5.51 Å². The Bertz CT molecular complexity index is 521. The van der Waals surface area contributed by atoms with E-state index in [1.807, 2.05) is 29.6 Å². The summed E-state index contributed by atoms with van der Waals surface area (Å²) in [5.74, 6) is 0.809. The van der Waals surface area contributed by atoms with Gasteiger partial charge in [0.15, 0.2) is 11.3 Å². The Hall–Kier alpha value is -1.68. The van der Waals surface area contributed by atoms with E-state index in [-0.39, 0.29) is 0 Å². The van der Waals surface area contributed by atoms with E-state index in [1.165, 1.54) is 11.3 Å². The summed E-state index contributed by atoms with van der Waals surface area (Å²) in [5, 5.41) is 1.93. The number of rotatable bonds is 1. The summed E-state index contributed by atoms with van der Waals surface area (Å²) in [6.45, 7) is 0. The van der Waals surface area contributed by atoms with E-state index in [4.69, 9.17) is 0 Å². The van der Waals surface area contributed by atoms with Crippen molar-refractivity contribution in [1.82, 2.24) is 15.0 Å². The molecule has 0 fully saturated rings. The zero-order valence-electron chi connectivity index (χ0n) is 7.19. The molecule has 3 nitrogen and oxygen atoms in total. The topological polar surface area (TPSA) is 41.6 Å². The van der Waals surface area contributed by atoms with E-state index in [0.29, 0.717) is 0 Å². The monoisotopic (exact) mass is 200 g/mol. The number of para-hydroxylation sites is 2. The second kappa shape index (κ2) is 2.92. The minimum Gasteiger partial charge on any atom is -0.337 e. The fourth-order valence-electron chi connectivity index (χ4n) is 1.37. The van der Waals surface area contributed by atoms with Crippen LogP contribution in [0.1, 0.15) is 0 Å². The van der Waals surface area contributed by atoms with Gasteiger partial charge in [0, 0.05) is 5.38 Å². The van der Waals surface area contributed by atoms with Crippen LogP contribution >= 0.6 is 11.3 Å². The van der Waals surface area contributed by atoms with Crippen LogP contribution in [0.3, 0.4) is 0 Å². The first-order valence-corrected chi connectivity index (χ1v) is 5.08. The number of hydrogen-bond donors (Lipinski definition) is 1. The van der Waals surface area contributed by atoms with Gasteiger partial charge in [0.05, 0.1) is 11.0 Å². The molecule has 14 heavy (non-hydrogen) atoms. The van der Waals surface area contributed by atoms with Crippen LogP contribution < -0.4 is 0 Å². The lowest BCUT2D eigenvalue weighted by Gasteiger charge is -1.84. The summed E-state index contributed by atoms with van der Waals surface area (Å²) in [4.78, 5) is 11.7. The molecule has 0 bridgehead atoms. The van der Waals surface area contributed by atoms with Crippen molar-refractivity contribution in [2.75, 3.05) is 0 Å². The number of fused-ring (bicyclic) bond motifs is 1. The first-order valence-electron chi connectivity index (χ1n) is 4.20. The number of H-pyrrole nitrogens is 1. The van der Waals surface area contributed by atoms with Gasteiger partial charge in [-0.05, 0) is 12.1 Å². The van der Waals surface area contributed by atoms with Crippen LogP contribution in [0.5, 0.6) is 0 Å². The molecule has 1 N–H and O–H groups in total. The van der Waals surface area contributed by atoms with Gasteiger partial charge < -0.3 is 4.98 Å². The molecule has 2 heterocycles. The Balaban J connectivity index is 2.24. The van der Waals surface area contributed by atoms with Crippen LogP contribution in [0.15, 0.2) is 29.6 Å². The highest BCUT2D eigenvalue weighted by Crippen LogP contribution is 2.19. The van der Waals surface area contributed by atoms with Crippen molar-refractivity contribution in [3.05, 3.63) is 35.2 Å². The van der Waals surface area contributed by atoms with Gasteiger partial charge >= 0.3 is 0 Å². The largest absolute Gasteiger partial charge is 0.337 e. The zero-order chi connectivity index (χ0) is 9.38. The second-order valence-corrected chi connectivity index (χ2v) is 3.58. The molecule has 0 atom stereocenters. The maximum absolute atomic E-state index is 4.42. The summed E-state index contributed by atoms with van der Waals surface area (Å²) in [6, 6.07) is 7.94. The highest BCUT2D eigenvalue weighted by atomic mass is 32.1. The van der Waals surface area contributed by atoms with Crippen LogP contribution in [-0.4, -0.2) is 15.0 Å². The van der Waals surface area contributed by atoms with Crippen molar-refractivity contribution in [3.63, 3.8) is 0 Å². The standard InChI is InChI=1S/C10H6N3S/c1-2-4-8-7(3-1)12-10(13-8)9-5-14-6-11-9/h1-5H,(H,12,13). The van der Waals surface area contributed by atoms with E-state index in [1.54, 1.807) is 0 Å². The van der Waals surface area contributed by atoms with E-state index in [9.17, 15) is 0 Å². The summed E-state index contributed by atoms with van der Waals surface area (Å²) < 4.78 is 0. The maximum Gasteiger partial charge on any atom is 0.158 e. The van der Waals surface area contributed by atoms with Crippen molar-refractivity contribution < 1.29 is 0 Å². The molecule has 0 aliphatic rings. The number of hydrogen-bond acceptors (Lipinski definition) is 3. The third-order valence-electron chi connectivity index (χ3n) is 2.02. The molecule has 0 aliphatic carbocycles. The Morgan fingerprint density at radius 1 is 1.29 bits per heavy atom. The number of aromatic amines is 1. The van der Waals surface area contributed by atoms with E-state index in [2.05, 4.69) is 20.5 Å². The molecule has 0 saturated heterocycles. The minimum absolute atomic E-state index is 0.809. The van der Waals surface area contributed by atoms with Crippen LogP contribution in [0.2, 0.25) is 0 Å². The van der Waals surface area contributed by atoms with E-state index in [0.717, 1.165) is 22.6 Å². The number of thiazole rings is 1. The number of nitrogens with one attached hydrogen (secondary N) is 1. The third kappa shape index (κ3) is 1.12. The molecule has 0 unspecified atom stereocenters. The van der Waals surface area contributed by atoms with Gasteiger partial charge in [-0.1, -0.05) is 12.1 Å². The molecule has 0 saturated carbocycles. The van der Waals surface area contributed by atoms with E-state index < -0.39 is 0 Å². The van der Waals surface area contributed by atoms with E-state index >= 15 is 0 Å². The highest BCUT2D eigenvalue weighted by molar-refractivity contribution is 7.07. The molecule has 1 radical (unpaired) electrons. The highest BCUT2D eigenvalue weighted by Gasteiger charge is 2.05. The van der Waals surface area contributed by atoms with Crippen LogP contribution in [0.4, 0.5) is 0 Å². The molecule has 0 aliphatic heterocycles. The van der Waals surface area contributed by atoms with Crippen LogP contribution in [0.25, 0.3) is 22.6 Å². The summed E-state index contributed by atoms with van der Waals surface area (Å²) >= 11 is 1.45. The van der Waals surface area contributed by atoms with Crippen molar-refractivity contribution in [2.24, 2.45) is 0 Å². The van der Waals surface area contributed by atoms with Crippen molar-refractivity contribution in [3.8, 4) is 11.5 Å². The minimum atomic E-state index is 0.809. The van der Waals surface area contributed by atoms with Gasteiger partial charge in [0.2, 0.25) is 0 Å². The Morgan fingerprint density at radius 3 is 3.00 bits per heavy atom. The predicted molar refractivity (Wildman–Crippen MR) is 56.0 cm³/mol. The summed E-state index contributed by atoms with van der Waals surface area (Å²) in [5.41, 5.74) is 5.66. The predicted octanol–water partition coefficient (Wildman–Crippen LogP) is 2.49. The zero-order valence-corrected chi connectivity index (χ0v) is 8.01. The molecular formula is C10H6N3S. The fourth-order valence-corrected chi connectivity index (χ4v) is 1.85. The average molecular weight is 200 g/mol. The molecule has 3 aromatic rings. The molecule has 0 amide bonds. The quantitative estimate of drug-likeness (QED) is 0.655. The number of imidazole rings is 1. The molecule has 3 rings (SSSR count). The Labute approximate surface area is 84.5 Å². The van der Waals surface area contributed by atoms with Crippen molar-refractivity contribution >= 4 is 22.4 Å². The second-order valence-electron chi connectivity index (χ2n) is 2.93. The van der Waals surface area contributed by atoms with Gasteiger partial charge in [0.1, 0.15) is 5.69 Å². The first kappa shape index (κ1) is 7.70.